The lowest BCUT2D eigenvalue weighted by atomic mass is 9.95. The van der Waals surface area contributed by atoms with Gasteiger partial charge in [0.15, 0.2) is 0 Å². The molecule has 0 aromatic heterocycles. The first-order chi connectivity index (χ1) is 11.1. The number of unbranched alkanes of at least 4 members (excludes halogenated alkanes) is 2. The third-order valence-electron chi connectivity index (χ3n) is 5.74. The molecule has 0 aromatic rings. The van der Waals surface area contributed by atoms with Crippen LogP contribution in [0, 0.1) is 10.8 Å². The fourth-order valence-corrected chi connectivity index (χ4v) is 3.57. The van der Waals surface area contributed by atoms with Gasteiger partial charge in [0.1, 0.15) is 0 Å². The van der Waals surface area contributed by atoms with Crippen LogP contribution in [0.5, 0.6) is 0 Å². The van der Waals surface area contributed by atoms with Crippen LogP contribution in [-0.2, 0) is 14.4 Å². The Morgan fingerprint density at radius 1 is 1.04 bits per heavy atom. The van der Waals surface area contributed by atoms with E-state index >= 15 is 0 Å². The average molecular weight is 328 g/mol. The van der Waals surface area contributed by atoms with Crippen molar-refractivity contribution in [3.05, 3.63) is 0 Å². The van der Waals surface area contributed by atoms with Crippen molar-refractivity contribution in [1.82, 2.24) is 0 Å². The van der Waals surface area contributed by atoms with E-state index in [1.807, 2.05) is 0 Å². The average Bonchev–Trinajstić information content (AvgIpc) is 3.45. The van der Waals surface area contributed by atoms with Gasteiger partial charge in [0.25, 0.3) is 0 Å². The number of hydrogen-bond acceptors (Lipinski definition) is 5. The standard InChI is InChI=1S/C18H32O5/c1-22-16(20)18(12-13-18)9-5-3-7-15(19)6-2-4-8-17(10-11-17)14-23-21/h15,19,21H,2-14H2,1H3. The Balaban J connectivity index is 1.46. The summed E-state index contributed by atoms with van der Waals surface area (Å²) >= 11 is 0. The zero-order chi connectivity index (χ0) is 16.8. The van der Waals surface area contributed by atoms with Crippen molar-refractivity contribution in [3.8, 4) is 0 Å². The van der Waals surface area contributed by atoms with E-state index in [0.717, 1.165) is 77.0 Å². The van der Waals surface area contributed by atoms with Crippen molar-refractivity contribution >= 4 is 5.97 Å². The molecule has 0 heterocycles. The molecular weight excluding hydrogens is 296 g/mol. The Labute approximate surface area is 139 Å². The highest BCUT2D eigenvalue weighted by Crippen LogP contribution is 2.51. The summed E-state index contributed by atoms with van der Waals surface area (Å²) in [6.45, 7) is 0.456. The molecule has 2 aliphatic carbocycles. The SMILES string of the molecule is COC(=O)C1(CCCCC(O)CCCCC2(COO)CC2)CC1. The molecule has 0 aliphatic heterocycles. The molecule has 5 nitrogen and oxygen atoms in total. The van der Waals surface area contributed by atoms with E-state index in [0.29, 0.717) is 6.61 Å². The Bertz CT molecular complexity index is 374. The first-order valence-electron chi connectivity index (χ1n) is 9.09. The summed E-state index contributed by atoms with van der Waals surface area (Å²) in [6.07, 6.45) is 11.7. The molecule has 2 rings (SSSR count). The summed E-state index contributed by atoms with van der Waals surface area (Å²) in [7, 11) is 1.46. The van der Waals surface area contributed by atoms with Gasteiger partial charge in [0, 0.05) is 0 Å². The minimum Gasteiger partial charge on any atom is -0.469 e. The Morgan fingerprint density at radius 3 is 2.13 bits per heavy atom. The lowest BCUT2D eigenvalue weighted by molar-refractivity contribution is -0.254. The van der Waals surface area contributed by atoms with Crippen LogP contribution in [0.3, 0.4) is 0 Å². The van der Waals surface area contributed by atoms with E-state index in [-0.39, 0.29) is 22.9 Å². The summed E-state index contributed by atoms with van der Waals surface area (Å²) < 4.78 is 4.86. The molecule has 2 N–H and O–H groups in total. The number of esters is 1. The molecule has 2 fully saturated rings. The summed E-state index contributed by atoms with van der Waals surface area (Å²) in [6, 6.07) is 0. The number of hydrogen-bond donors (Lipinski definition) is 2. The molecule has 23 heavy (non-hydrogen) atoms. The van der Waals surface area contributed by atoms with Crippen molar-refractivity contribution in [2.24, 2.45) is 10.8 Å². The maximum Gasteiger partial charge on any atom is 0.311 e. The number of rotatable bonds is 13. The van der Waals surface area contributed by atoms with Gasteiger partial charge in [-0.25, -0.2) is 4.89 Å². The lowest BCUT2D eigenvalue weighted by Gasteiger charge is -2.15. The van der Waals surface area contributed by atoms with E-state index in [4.69, 9.17) is 9.99 Å². The monoisotopic (exact) mass is 328 g/mol. The largest absolute Gasteiger partial charge is 0.469 e. The first kappa shape index (κ1) is 18.7. The van der Waals surface area contributed by atoms with Gasteiger partial charge in [-0.05, 0) is 56.8 Å². The van der Waals surface area contributed by atoms with Crippen LogP contribution in [-0.4, -0.2) is 36.2 Å². The Morgan fingerprint density at radius 2 is 1.65 bits per heavy atom. The van der Waals surface area contributed by atoms with E-state index in [1.54, 1.807) is 0 Å². The fraction of sp³-hybridized carbons (Fsp3) is 0.944. The molecule has 134 valence electrons. The van der Waals surface area contributed by atoms with Crippen LogP contribution < -0.4 is 0 Å². The highest BCUT2D eigenvalue weighted by atomic mass is 17.1. The van der Waals surface area contributed by atoms with E-state index in [2.05, 4.69) is 4.89 Å². The van der Waals surface area contributed by atoms with Crippen LogP contribution in [0.1, 0.15) is 77.0 Å². The van der Waals surface area contributed by atoms with Gasteiger partial charge in [-0.1, -0.05) is 25.7 Å². The molecule has 0 spiro atoms. The van der Waals surface area contributed by atoms with Gasteiger partial charge in [-0.15, -0.1) is 0 Å². The first-order valence-corrected chi connectivity index (χ1v) is 9.09. The number of carbonyl (C=O) groups excluding carboxylic acids is 1. The Kier molecular flexibility index (Phi) is 6.86. The van der Waals surface area contributed by atoms with Gasteiger partial charge >= 0.3 is 5.97 Å². The van der Waals surface area contributed by atoms with E-state index in [1.165, 1.54) is 7.11 Å². The van der Waals surface area contributed by atoms with Crippen LogP contribution in [0.2, 0.25) is 0 Å². The smallest absolute Gasteiger partial charge is 0.311 e. The van der Waals surface area contributed by atoms with Crippen molar-refractivity contribution < 1.29 is 24.8 Å². The van der Waals surface area contributed by atoms with E-state index < -0.39 is 0 Å². The normalized spacial score (nSPS) is 21.7. The zero-order valence-electron chi connectivity index (χ0n) is 14.4. The summed E-state index contributed by atoms with van der Waals surface area (Å²) in [4.78, 5) is 15.9. The van der Waals surface area contributed by atoms with Crippen molar-refractivity contribution in [2.75, 3.05) is 13.7 Å². The number of methoxy groups -OCH3 is 1. The second kappa shape index (κ2) is 8.45. The van der Waals surface area contributed by atoms with Crippen LogP contribution >= 0.6 is 0 Å². The summed E-state index contributed by atoms with van der Waals surface area (Å²) in [5, 5.41) is 18.6. The van der Waals surface area contributed by atoms with Crippen molar-refractivity contribution in [1.29, 1.82) is 0 Å². The highest BCUT2D eigenvalue weighted by molar-refractivity contribution is 5.79. The topological polar surface area (TPSA) is 76.0 Å². The molecule has 0 amide bonds. The third-order valence-corrected chi connectivity index (χ3v) is 5.74. The maximum absolute atomic E-state index is 11.6. The third kappa shape index (κ3) is 5.73. The van der Waals surface area contributed by atoms with Crippen molar-refractivity contribution in [3.63, 3.8) is 0 Å². The second-order valence-corrected chi connectivity index (χ2v) is 7.69. The van der Waals surface area contributed by atoms with Gasteiger partial charge in [-0.3, -0.25) is 10.1 Å². The van der Waals surface area contributed by atoms with Gasteiger partial charge in [0.05, 0.1) is 25.2 Å². The minimum atomic E-state index is -0.229. The number of aliphatic hydroxyl groups is 1. The summed E-state index contributed by atoms with van der Waals surface area (Å²) in [5.74, 6) is -0.0566. The number of carbonyl (C=O) groups is 1. The molecule has 0 bridgehead atoms. The lowest BCUT2D eigenvalue weighted by Crippen LogP contribution is -2.17. The molecule has 2 aliphatic rings. The summed E-state index contributed by atoms with van der Waals surface area (Å²) in [5.41, 5.74) is 0.0409. The molecule has 0 saturated heterocycles. The number of aliphatic hydroxyl groups excluding tert-OH is 1. The van der Waals surface area contributed by atoms with Gasteiger partial charge in [-0.2, -0.15) is 0 Å². The predicted molar refractivity (Wildman–Crippen MR) is 86.9 cm³/mol. The van der Waals surface area contributed by atoms with E-state index in [9.17, 15) is 9.90 Å². The van der Waals surface area contributed by atoms with Crippen LogP contribution in [0.15, 0.2) is 0 Å². The molecule has 5 heteroatoms. The molecule has 2 saturated carbocycles. The fourth-order valence-electron chi connectivity index (χ4n) is 3.57. The second-order valence-electron chi connectivity index (χ2n) is 7.69. The molecular formula is C18H32O5. The maximum atomic E-state index is 11.6. The molecule has 0 aromatic carbocycles. The highest BCUT2D eigenvalue weighted by Gasteiger charge is 2.50. The number of ether oxygens (including phenoxy) is 1. The predicted octanol–water partition coefficient (Wildman–Crippen LogP) is 3.69. The zero-order valence-corrected chi connectivity index (χ0v) is 14.4. The molecule has 0 radical (unpaired) electrons. The van der Waals surface area contributed by atoms with Crippen molar-refractivity contribution in [2.45, 2.75) is 83.2 Å². The van der Waals surface area contributed by atoms with Crippen LogP contribution in [0.4, 0.5) is 0 Å². The minimum absolute atomic E-state index is 0.0566. The molecule has 1 unspecified atom stereocenters. The van der Waals surface area contributed by atoms with Gasteiger partial charge < -0.3 is 9.84 Å². The van der Waals surface area contributed by atoms with Crippen LogP contribution in [0.25, 0.3) is 0 Å². The Hall–Kier alpha value is -0.650. The molecule has 1 atom stereocenters. The van der Waals surface area contributed by atoms with Gasteiger partial charge in [0.2, 0.25) is 0 Å². The quantitative estimate of drug-likeness (QED) is 0.233.